The minimum Gasteiger partial charge on any atom is -0.383 e. The number of likely N-dealkylation sites (N-methyl/N-ethyl adjacent to an activating group) is 1. The maximum atomic E-state index is 5.06. The fraction of sp³-hybridized carbons (Fsp3) is 0.615. The zero-order valence-corrected chi connectivity index (χ0v) is 11.2. The predicted molar refractivity (Wildman–Crippen MR) is 71.5 cm³/mol. The van der Waals surface area contributed by atoms with E-state index in [1.165, 1.54) is 0 Å². The number of pyridine rings is 1. The van der Waals surface area contributed by atoms with E-state index in [0.29, 0.717) is 6.04 Å². The molecule has 0 aliphatic rings. The van der Waals surface area contributed by atoms with Crippen LogP contribution >= 0.6 is 0 Å². The van der Waals surface area contributed by atoms with Crippen molar-refractivity contribution in [2.24, 2.45) is 0 Å². The van der Waals surface area contributed by atoms with Crippen LogP contribution in [0, 0.1) is 0 Å². The molecule has 1 rings (SSSR count). The predicted octanol–water partition coefficient (Wildman–Crippen LogP) is 1.83. The van der Waals surface area contributed by atoms with Crippen LogP contribution in [0.4, 0.5) is 5.69 Å². The van der Waals surface area contributed by atoms with Crippen molar-refractivity contribution in [1.29, 1.82) is 0 Å². The van der Waals surface area contributed by atoms with Crippen LogP contribution in [0.3, 0.4) is 0 Å². The molecule has 0 aliphatic heterocycles. The zero-order valence-electron chi connectivity index (χ0n) is 11.2. The number of methoxy groups -OCH3 is 1. The maximum Gasteiger partial charge on any atom is 0.0637 e. The topological polar surface area (TPSA) is 37.4 Å². The van der Waals surface area contributed by atoms with Crippen molar-refractivity contribution in [3.8, 4) is 0 Å². The summed E-state index contributed by atoms with van der Waals surface area (Å²) in [5, 5.41) is 3.25. The SMILES string of the molecule is CCC(NC)c1ccc(N(C)CCOC)cn1. The van der Waals surface area contributed by atoms with Gasteiger partial charge in [-0.25, -0.2) is 0 Å². The molecule has 0 fully saturated rings. The van der Waals surface area contributed by atoms with Crippen molar-refractivity contribution in [3.63, 3.8) is 0 Å². The Morgan fingerprint density at radius 1 is 1.47 bits per heavy atom. The van der Waals surface area contributed by atoms with Crippen LogP contribution in [0.2, 0.25) is 0 Å². The summed E-state index contributed by atoms with van der Waals surface area (Å²) in [5.41, 5.74) is 2.22. The van der Waals surface area contributed by atoms with Gasteiger partial charge in [0.1, 0.15) is 0 Å². The first-order valence-electron chi connectivity index (χ1n) is 6.06. The molecular weight excluding hydrogens is 214 g/mol. The average Bonchev–Trinajstić information content (AvgIpc) is 2.38. The van der Waals surface area contributed by atoms with Crippen LogP contribution in [-0.2, 0) is 4.74 Å². The van der Waals surface area contributed by atoms with Crippen molar-refractivity contribution >= 4 is 5.69 Å². The highest BCUT2D eigenvalue weighted by Gasteiger charge is 2.08. The molecule has 0 bridgehead atoms. The van der Waals surface area contributed by atoms with E-state index in [0.717, 1.165) is 31.0 Å². The summed E-state index contributed by atoms with van der Waals surface area (Å²) in [6.45, 7) is 3.76. The molecule has 1 aromatic rings. The van der Waals surface area contributed by atoms with Crippen molar-refractivity contribution < 1.29 is 4.74 Å². The lowest BCUT2D eigenvalue weighted by Crippen LogP contribution is -2.22. The summed E-state index contributed by atoms with van der Waals surface area (Å²) in [7, 11) is 5.73. The Kier molecular flexibility index (Phi) is 5.94. The number of hydrogen-bond acceptors (Lipinski definition) is 4. The lowest BCUT2D eigenvalue weighted by molar-refractivity contribution is 0.206. The van der Waals surface area contributed by atoms with E-state index < -0.39 is 0 Å². The first-order chi connectivity index (χ1) is 8.22. The van der Waals surface area contributed by atoms with Gasteiger partial charge in [0.25, 0.3) is 0 Å². The summed E-state index contributed by atoms with van der Waals surface area (Å²) < 4.78 is 5.06. The number of nitrogens with zero attached hydrogens (tertiary/aromatic N) is 2. The molecule has 4 nitrogen and oxygen atoms in total. The Bertz CT molecular complexity index is 309. The quantitative estimate of drug-likeness (QED) is 0.785. The van der Waals surface area contributed by atoms with Gasteiger partial charge in [-0.15, -0.1) is 0 Å². The number of hydrogen-bond donors (Lipinski definition) is 1. The minimum absolute atomic E-state index is 0.341. The smallest absolute Gasteiger partial charge is 0.0637 e. The van der Waals surface area contributed by atoms with Crippen LogP contribution in [0.5, 0.6) is 0 Å². The lowest BCUT2D eigenvalue weighted by Gasteiger charge is -2.19. The standard InChI is InChI=1S/C13H23N3O/c1-5-12(14-2)13-7-6-11(10-15-13)16(3)8-9-17-4/h6-7,10,12,14H,5,8-9H2,1-4H3. The van der Waals surface area contributed by atoms with Crippen LogP contribution < -0.4 is 10.2 Å². The Morgan fingerprint density at radius 3 is 2.71 bits per heavy atom. The maximum absolute atomic E-state index is 5.06. The number of rotatable bonds is 7. The van der Waals surface area contributed by atoms with Gasteiger partial charge in [-0.1, -0.05) is 6.92 Å². The Morgan fingerprint density at radius 2 is 2.24 bits per heavy atom. The highest BCUT2D eigenvalue weighted by atomic mass is 16.5. The van der Waals surface area contributed by atoms with Gasteiger partial charge in [-0.2, -0.15) is 0 Å². The van der Waals surface area contributed by atoms with Crippen LogP contribution in [0.15, 0.2) is 18.3 Å². The summed E-state index contributed by atoms with van der Waals surface area (Å²) in [6.07, 6.45) is 2.97. The Balaban J connectivity index is 2.66. The molecule has 1 N–H and O–H groups in total. The second kappa shape index (κ2) is 7.25. The molecular formula is C13H23N3O. The van der Waals surface area contributed by atoms with Crippen molar-refractivity contribution in [1.82, 2.24) is 10.3 Å². The minimum atomic E-state index is 0.341. The lowest BCUT2D eigenvalue weighted by atomic mass is 10.1. The van der Waals surface area contributed by atoms with Gasteiger partial charge in [-0.05, 0) is 25.6 Å². The normalized spacial score (nSPS) is 12.5. The fourth-order valence-electron chi connectivity index (χ4n) is 1.75. The van der Waals surface area contributed by atoms with Gasteiger partial charge < -0.3 is 15.0 Å². The summed E-state index contributed by atoms with van der Waals surface area (Å²) in [4.78, 5) is 6.64. The van der Waals surface area contributed by atoms with E-state index in [-0.39, 0.29) is 0 Å². The second-order valence-electron chi connectivity index (χ2n) is 4.11. The highest BCUT2D eigenvalue weighted by molar-refractivity contribution is 5.43. The molecule has 1 atom stereocenters. The molecule has 4 heteroatoms. The molecule has 0 saturated carbocycles. The molecule has 0 amide bonds. The Hall–Kier alpha value is -1.13. The average molecular weight is 237 g/mol. The first kappa shape index (κ1) is 13.9. The molecule has 17 heavy (non-hydrogen) atoms. The first-order valence-corrected chi connectivity index (χ1v) is 6.06. The molecule has 0 aliphatic carbocycles. The van der Waals surface area contributed by atoms with E-state index in [1.807, 2.05) is 20.3 Å². The van der Waals surface area contributed by atoms with Gasteiger partial charge in [0.15, 0.2) is 0 Å². The third-order valence-electron chi connectivity index (χ3n) is 2.96. The molecule has 0 saturated heterocycles. The largest absolute Gasteiger partial charge is 0.383 e. The molecule has 1 aromatic heterocycles. The summed E-state index contributed by atoms with van der Waals surface area (Å²) >= 11 is 0. The third-order valence-corrected chi connectivity index (χ3v) is 2.96. The van der Waals surface area contributed by atoms with E-state index in [9.17, 15) is 0 Å². The van der Waals surface area contributed by atoms with Gasteiger partial charge >= 0.3 is 0 Å². The molecule has 0 aromatic carbocycles. The number of ether oxygens (including phenoxy) is 1. The monoisotopic (exact) mass is 237 g/mol. The second-order valence-corrected chi connectivity index (χ2v) is 4.11. The van der Waals surface area contributed by atoms with E-state index >= 15 is 0 Å². The summed E-state index contributed by atoms with van der Waals surface area (Å²) in [5.74, 6) is 0. The van der Waals surface area contributed by atoms with Gasteiger partial charge in [0, 0.05) is 26.7 Å². The van der Waals surface area contributed by atoms with Crippen molar-refractivity contribution in [3.05, 3.63) is 24.0 Å². The number of anilines is 1. The van der Waals surface area contributed by atoms with E-state index in [1.54, 1.807) is 7.11 Å². The van der Waals surface area contributed by atoms with Gasteiger partial charge in [-0.3, -0.25) is 4.98 Å². The fourth-order valence-corrected chi connectivity index (χ4v) is 1.75. The van der Waals surface area contributed by atoms with Gasteiger partial charge in [0.2, 0.25) is 0 Å². The zero-order chi connectivity index (χ0) is 12.7. The van der Waals surface area contributed by atoms with Crippen LogP contribution in [-0.4, -0.2) is 39.3 Å². The number of aromatic nitrogens is 1. The van der Waals surface area contributed by atoms with E-state index in [4.69, 9.17) is 4.74 Å². The highest BCUT2D eigenvalue weighted by Crippen LogP contribution is 2.17. The van der Waals surface area contributed by atoms with Crippen molar-refractivity contribution in [2.45, 2.75) is 19.4 Å². The molecule has 1 unspecified atom stereocenters. The van der Waals surface area contributed by atoms with Crippen LogP contribution in [0.1, 0.15) is 25.1 Å². The molecule has 0 radical (unpaired) electrons. The third kappa shape index (κ3) is 3.98. The van der Waals surface area contributed by atoms with Crippen LogP contribution in [0.25, 0.3) is 0 Å². The summed E-state index contributed by atoms with van der Waals surface area (Å²) in [6, 6.07) is 4.54. The van der Waals surface area contributed by atoms with Gasteiger partial charge in [0.05, 0.1) is 24.2 Å². The van der Waals surface area contributed by atoms with E-state index in [2.05, 4.69) is 34.3 Å². The molecule has 96 valence electrons. The molecule has 0 spiro atoms. The Labute approximate surface area is 104 Å². The van der Waals surface area contributed by atoms with Crippen molar-refractivity contribution in [2.75, 3.05) is 39.3 Å². The number of nitrogens with one attached hydrogen (secondary N) is 1. The molecule has 1 heterocycles.